The Labute approximate surface area is 299 Å². The zero-order valence-electron chi connectivity index (χ0n) is 31.9. The summed E-state index contributed by atoms with van der Waals surface area (Å²) in [6.07, 6.45) is 22.6. The van der Waals surface area contributed by atoms with Gasteiger partial charge in [-0.3, -0.25) is 4.79 Å². The molecule has 0 spiro atoms. The molecule has 1 aromatic carbocycles. The number of carbonyl (C=O) groups excluding carboxylic acids is 1. The molecule has 0 bridgehead atoms. The van der Waals surface area contributed by atoms with Gasteiger partial charge in [-0.2, -0.15) is 0 Å². The molecule has 5 heteroatoms. The largest absolute Gasteiger partial charge is 0.465 e. The normalized spacial score (nSPS) is 34.2. The Balaban J connectivity index is 1.13. The Hall–Kier alpha value is -1.43. The number of hydrogen-bond acceptors (Lipinski definition) is 5. The molecule has 0 amide bonds. The highest BCUT2D eigenvalue weighted by molar-refractivity contribution is 6.01. The molecule has 0 N–H and O–H groups in total. The summed E-state index contributed by atoms with van der Waals surface area (Å²) in [6, 6.07) is 6.44. The van der Waals surface area contributed by atoms with E-state index in [1.807, 2.05) is 0 Å². The maximum absolute atomic E-state index is 14.7. The summed E-state index contributed by atoms with van der Waals surface area (Å²) >= 11 is 0. The van der Waals surface area contributed by atoms with Gasteiger partial charge in [0.05, 0.1) is 12.7 Å². The maximum Gasteiger partial charge on any atom is 0.199 e. The maximum atomic E-state index is 14.7. The average molecular weight is 679 g/mol. The number of Topliss-reactive ketones (excluding diaryl/α,β-unsaturated/α-hetero) is 1. The van der Waals surface area contributed by atoms with Gasteiger partial charge in [-0.1, -0.05) is 92.1 Å². The molecule has 5 aliphatic rings. The van der Waals surface area contributed by atoms with Crippen LogP contribution >= 0.6 is 0 Å². The average Bonchev–Trinajstić information content (AvgIpc) is 3.42. The Morgan fingerprint density at radius 2 is 1.47 bits per heavy atom. The van der Waals surface area contributed by atoms with Crippen LogP contribution in [0.1, 0.15) is 178 Å². The number of carbonyl (C=O) groups is 1. The summed E-state index contributed by atoms with van der Waals surface area (Å²) in [4.78, 5) is 14.7. The van der Waals surface area contributed by atoms with Crippen LogP contribution in [0.4, 0.5) is 0 Å². The number of ketones is 1. The molecule has 0 aromatic heterocycles. The van der Waals surface area contributed by atoms with Crippen LogP contribution in [0.2, 0.25) is 0 Å². The van der Waals surface area contributed by atoms with Crippen LogP contribution in [-0.2, 0) is 14.2 Å². The van der Waals surface area contributed by atoms with Gasteiger partial charge in [0.2, 0.25) is 0 Å². The zero-order chi connectivity index (χ0) is 34.4. The fourth-order valence-electron chi connectivity index (χ4n) is 10.8. The third-order valence-electron chi connectivity index (χ3n) is 13.7. The molecule has 2 saturated heterocycles. The number of rotatable bonds is 16. The smallest absolute Gasteiger partial charge is 0.199 e. The van der Waals surface area contributed by atoms with Crippen molar-refractivity contribution in [3.8, 4) is 5.75 Å². The van der Waals surface area contributed by atoms with E-state index in [4.69, 9.17) is 18.9 Å². The minimum Gasteiger partial charge on any atom is -0.465 e. The highest BCUT2D eigenvalue weighted by atomic mass is 16.7. The van der Waals surface area contributed by atoms with Crippen LogP contribution in [0.15, 0.2) is 18.2 Å². The van der Waals surface area contributed by atoms with E-state index in [0.717, 1.165) is 106 Å². The van der Waals surface area contributed by atoms with Crippen LogP contribution in [-0.4, -0.2) is 37.7 Å². The predicted octanol–water partition coefficient (Wildman–Crippen LogP) is 11.7. The van der Waals surface area contributed by atoms with Gasteiger partial charge in [0.1, 0.15) is 5.75 Å². The molecule has 2 heterocycles. The molecule has 5 nitrogen and oxygen atoms in total. The van der Waals surface area contributed by atoms with Crippen molar-refractivity contribution < 1.29 is 23.7 Å². The molecular weight excluding hydrogens is 608 g/mol. The fraction of sp³-hybridized carbons (Fsp3) is 0.841. The summed E-state index contributed by atoms with van der Waals surface area (Å²) in [6.45, 7) is 13.7. The topological polar surface area (TPSA) is 54.0 Å². The van der Waals surface area contributed by atoms with Crippen LogP contribution in [0.3, 0.4) is 0 Å². The van der Waals surface area contributed by atoms with Gasteiger partial charge in [0.15, 0.2) is 18.4 Å². The third kappa shape index (κ3) is 9.15. The van der Waals surface area contributed by atoms with E-state index in [1.54, 1.807) is 0 Å². The molecule has 3 aliphatic carbocycles. The first-order valence-electron chi connectivity index (χ1n) is 21.0. The van der Waals surface area contributed by atoms with Gasteiger partial charge in [0.25, 0.3) is 0 Å². The van der Waals surface area contributed by atoms with Crippen molar-refractivity contribution in [3.05, 3.63) is 29.3 Å². The first-order chi connectivity index (χ1) is 23.7. The van der Waals surface area contributed by atoms with Gasteiger partial charge in [-0.15, -0.1) is 0 Å². The van der Waals surface area contributed by atoms with Crippen LogP contribution in [0, 0.1) is 40.9 Å². The van der Waals surface area contributed by atoms with Crippen LogP contribution < -0.4 is 4.74 Å². The minimum absolute atomic E-state index is 0.0485. The van der Waals surface area contributed by atoms with Gasteiger partial charge < -0.3 is 18.9 Å². The zero-order valence-corrected chi connectivity index (χ0v) is 31.9. The van der Waals surface area contributed by atoms with Crippen molar-refractivity contribution in [1.82, 2.24) is 0 Å². The lowest BCUT2D eigenvalue weighted by Crippen LogP contribution is -2.50. The standard InChI is InChI=1S/C44H70O5/c1-30(2)13-10-14-31(3)15-11-16-32(4)17-12-18-36-42-35(25-26-44(5)38(42)23-24-39(44)49-41-20-7-9-28-47-41)34-22-21-33(29-37(34)43(36)45)48-40-19-6-8-27-46-40/h21-22,29-32,35-36,38-42H,6-20,23-28H2,1-5H3/t31-,32-,35?,36?,38?,39+,40?,41?,42?,44+/m1/s1. The molecule has 2 aliphatic heterocycles. The third-order valence-corrected chi connectivity index (χ3v) is 13.7. The lowest BCUT2D eigenvalue weighted by Gasteiger charge is -2.53. The molecule has 6 unspecified atom stereocenters. The molecule has 6 rings (SSSR count). The number of ether oxygens (including phenoxy) is 4. The summed E-state index contributed by atoms with van der Waals surface area (Å²) < 4.78 is 25.1. The van der Waals surface area contributed by atoms with E-state index in [0.29, 0.717) is 23.5 Å². The first kappa shape index (κ1) is 37.3. The lowest BCUT2D eigenvalue weighted by atomic mass is 9.51. The van der Waals surface area contributed by atoms with Crippen molar-refractivity contribution >= 4 is 5.78 Å². The van der Waals surface area contributed by atoms with Crippen molar-refractivity contribution in [2.24, 2.45) is 40.9 Å². The first-order valence-corrected chi connectivity index (χ1v) is 21.0. The monoisotopic (exact) mass is 679 g/mol. The SMILES string of the molecule is CC(C)CCC[C@@H](C)CCC[C@@H](C)CCCC1C(=O)c2cc(OC3CCCCO3)ccc2C2CC[C@@]3(C)C(CC[C@@H]3OC3CCCCO3)C12. The van der Waals surface area contributed by atoms with Crippen molar-refractivity contribution in [1.29, 1.82) is 0 Å². The Bertz CT molecular complexity index is 1180. The van der Waals surface area contributed by atoms with E-state index in [1.165, 1.54) is 63.4 Å². The van der Waals surface area contributed by atoms with E-state index in [2.05, 4.69) is 52.8 Å². The molecule has 1 aromatic rings. The fourth-order valence-corrected chi connectivity index (χ4v) is 10.8. The van der Waals surface area contributed by atoms with Crippen LogP contribution in [0.25, 0.3) is 0 Å². The van der Waals surface area contributed by atoms with E-state index in [9.17, 15) is 4.79 Å². The molecule has 2 saturated carbocycles. The number of fused-ring (bicyclic) bond motifs is 5. The van der Waals surface area contributed by atoms with Crippen LogP contribution in [0.5, 0.6) is 5.75 Å². The molecule has 10 atom stereocenters. The summed E-state index contributed by atoms with van der Waals surface area (Å²) in [5.41, 5.74) is 2.32. The van der Waals surface area contributed by atoms with Crippen molar-refractivity contribution in [3.63, 3.8) is 0 Å². The Kier molecular flexibility index (Phi) is 13.2. The van der Waals surface area contributed by atoms with Gasteiger partial charge in [-0.25, -0.2) is 0 Å². The second kappa shape index (κ2) is 17.4. The highest BCUT2D eigenvalue weighted by Crippen LogP contribution is 2.63. The second-order valence-corrected chi connectivity index (χ2v) is 17.9. The van der Waals surface area contributed by atoms with Crippen molar-refractivity contribution in [2.45, 2.75) is 181 Å². The number of hydrogen-bond donors (Lipinski definition) is 0. The van der Waals surface area contributed by atoms with Gasteiger partial charge in [-0.05, 0) is 123 Å². The number of benzene rings is 1. The highest BCUT2D eigenvalue weighted by Gasteiger charge is 2.59. The summed E-state index contributed by atoms with van der Waals surface area (Å²) in [5, 5.41) is 0. The lowest BCUT2D eigenvalue weighted by molar-refractivity contribution is -0.213. The molecule has 0 radical (unpaired) electrons. The van der Waals surface area contributed by atoms with E-state index < -0.39 is 0 Å². The quantitative estimate of drug-likeness (QED) is 0.174. The van der Waals surface area contributed by atoms with E-state index in [-0.39, 0.29) is 30.0 Å². The van der Waals surface area contributed by atoms with Gasteiger partial charge in [0, 0.05) is 24.5 Å². The van der Waals surface area contributed by atoms with Gasteiger partial charge >= 0.3 is 0 Å². The summed E-state index contributed by atoms with van der Waals surface area (Å²) in [7, 11) is 0. The molecule has 4 fully saturated rings. The Morgan fingerprint density at radius 1 is 0.796 bits per heavy atom. The minimum atomic E-state index is -0.197. The van der Waals surface area contributed by atoms with E-state index >= 15 is 0 Å². The molecule has 49 heavy (non-hydrogen) atoms. The molecular formula is C44H70O5. The summed E-state index contributed by atoms with van der Waals surface area (Å²) in [5.74, 6) is 4.99. The molecule has 276 valence electrons. The van der Waals surface area contributed by atoms with Crippen molar-refractivity contribution in [2.75, 3.05) is 13.2 Å². The Morgan fingerprint density at radius 3 is 2.14 bits per heavy atom. The predicted molar refractivity (Wildman–Crippen MR) is 198 cm³/mol. The second-order valence-electron chi connectivity index (χ2n) is 17.9.